The van der Waals surface area contributed by atoms with Crippen molar-refractivity contribution in [2.24, 2.45) is 11.7 Å². The minimum atomic E-state index is -0.352. The van der Waals surface area contributed by atoms with Crippen LogP contribution < -0.4 is 5.73 Å². The molecule has 3 rings (SSSR count). The molecule has 0 bridgehead atoms. The first-order valence-corrected chi connectivity index (χ1v) is 7.72. The van der Waals surface area contributed by atoms with Crippen LogP contribution in [0.3, 0.4) is 0 Å². The average Bonchev–Trinajstić information content (AvgIpc) is 2.87. The lowest BCUT2D eigenvalue weighted by Gasteiger charge is -2.37. The number of methoxy groups -OCH3 is 1. The molecule has 2 fully saturated rings. The molecule has 0 radical (unpaired) electrons. The molecule has 1 aromatic rings. The number of rotatable bonds is 4. The highest BCUT2D eigenvalue weighted by atomic mass is 16.5. The van der Waals surface area contributed by atoms with Crippen LogP contribution in [0.4, 0.5) is 0 Å². The van der Waals surface area contributed by atoms with Crippen molar-refractivity contribution in [2.75, 3.05) is 7.11 Å². The molecule has 1 heterocycles. The van der Waals surface area contributed by atoms with E-state index >= 15 is 0 Å². The monoisotopic (exact) mass is 279 g/mol. The van der Waals surface area contributed by atoms with Crippen LogP contribution in [0.5, 0.6) is 0 Å². The van der Waals surface area contributed by atoms with Crippen molar-refractivity contribution in [1.29, 1.82) is 0 Å². The van der Waals surface area contributed by atoms with Gasteiger partial charge in [0.25, 0.3) is 0 Å². The van der Waals surface area contributed by atoms with Crippen LogP contribution in [-0.4, -0.2) is 22.8 Å². The van der Waals surface area contributed by atoms with Crippen molar-refractivity contribution in [1.82, 2.24) is 10.1 Å². The molecule has 20 heavy (non-hydrogen) atoms. The molecule has 112 valence electrons. The van der Waals surface area contributed by atoms with Crippen LogP contribution in [0.15, 0.2) is 4.52 Å². The van der Waals surface area contributed by atoms with Crippen molar-refractivity contribution >= 4 is 0 Å². The number of nitrogens with two attached hydrogens (primary N) is 1. The van der Waals surface area contributed by atoms with E-state index in [1.165, 1.54) is 6.42 Å². The van der Waals surface area contributed by atoms with Crippen molar-refractivity contribution in [2.45, 2.75) is 69.4 Å². The molecular weight excluding hydrogens is 254 g/mol. The highest BCUT2D eigenvalue weighted by molar-refractivity contribution is 5.06. The van der Waals surface area contributed by atoms with Gasteiger partial charge in [0.05, 0.1) is 0 Å². The topological polar surface area (TPSA) is 74.2 Å². The fourth-order valence-electron chi connectivity index (χ4n) is 3.37. The molecule has 5 heteroatoms. The molecular formula is C15H25N3O2. The third-order valence-corrected chi connectivity index (χ3v) is 5.20. The summed E-state index contributed by atoms with van der Waals surface area (Å²) in [5, 5.41) is 4.18. The smallest absolute Gasteiger partial charge is 0.228 e. The van der Waals surface area contributed by atoms with Crippen LogP contribution in [0.25, 0.3) is 0 Å². The molecule has 2 saturated carbocycles. The first-order valence-electron chi connectivity index (χ1n) is 7.72. The summed E-state index contributed by atoms with van der Waals surface area (Å²) in [7, 11) is 1.75. The zero-order chi connectivity index (χ0) is 14.2. The second-order valence-corrected chi connectivity index (χ2v) is 6.79. The Kier molecular flexibility index (Phi) is 3.58. The van der Waals surface area contributed by atoms with Gasteiger partial charge in [-0.3, -0.25) is 0 Å². The Hall–Kier alpha value is -0.940. The summed E-state index contributed by atoms with van der Waals surface area (Å²) < 4.78 is 11.2. The molecule has 0 saturated heterocycles. The molecule has 0 aromatic carbocycles. The highest BCUT2D eigenvalue weighted by Crippen LogP contribution is 2.41. The lowest BCUT2D eigenvalue weighted by molar-refractivity contribution is -0.0609. The fourth-order valence-corrected chi connectivity index (χ4v) is 3.37. The predicted molar refractivity (Wildman–Crippen MR) is 75.1 cm³/mol. The van der Waals surface area contributed by atoms with E-state index in [1.807, 2.05) is 0 Å². The zero-order valence-corrected chi connectivity index (χ0v) is 12.5. The van der Waals surface area contributed by atoms with E-state index < -0.39 is 0 Å². The number of aromatic nitrogens is 2. The Bertz CT molecular complexity index is 459. The molecule has 2 aliphatic rings. The lowest BCUT2D eigenvalue weighted by atomic mass is 9.75. The fraction of sp³-hybridized carbons (Fsp3) is 0.867. The van der Waals surface area contributed by atoms with E-state index in [0.717, 1.165) is 44.4 Å². The molecule has 0 spiro atoms. The van der Waals surface area contributed by atoms with E-state index in [1.54, 1.807) is 7.11 Å². The second kappa shape index (κ2) is 5.11. The van der Waals surface area contributed by atoms with Gasteiger partial charge in [0.1, 0.15) is 5.60 Å². The van der Waals surface area contributed by atoms with Crippen LogP contribution in [0.1, 0.15) is 63.6 Å². The van der Waals surface area contributed by atoms with Gasteiger partial charge >= 0.3 is 0 Å². The second-order valence-electron chi connectivity index (χ2n) is 6.79. The SMILES string of the molecule is COC1(c2noc(CC3(N)CCC3)n2)CCC(C)CC1. The Morgan fingerprint density at radius 1 is 1.30 bits per heavy atom. The summed E-state index contributed by atoms with van der Waals surface area (Å²) in [6.07, 6.45) is 8.24. The van der Waals surface area contributed by atoms with Gasteiger partial charge in [-0.2, -0.15) is 4.98 Å². The van der Waals surface area contributed by atoms with Gasteiger partial charge in [-0.05, 0) is 50.9 Å². The van der Waals surface area contributed by atoms with E-state index in [4.69, 9.17) is 15.0 Å². The maximum Gasteiger partial charge on any atom is 0.228 e. The molecule has 0 aliphatic heterocycles. The van der Waals surface area contributed by atoms with Gasteiger partial charge in [0.15, 0.2) is 0 Å². The number of ether oxygens (including phenoxy) is 1. The first kappa shape index (κ1) is 14.0. The van der Waals surface area contributed by atoms with E-state index in [2.05, 4.69) is 17.1 Å². The maximum absolute atomic E-state index is 6.25. The summed E-state index contributed by atoms with van der Waals surface area (Å²) in [4.78, 5) is 4.59. The Labute approximate surface area is 120 Å². The van der Waals surface area contributed by atoms with Crippen molar-refractivity contribution in [3.8, 4) is 0 Å². The van der Waals surface area contributed by atoms with E-state index in [-0.39, 0.29) is 11.1 Å². The Morgan fingerprint density at radius 3 is 2.55 bits per heavy atom. The normalized spacial score (nSPS) is 32.9. The Morgan fingerprint density at radius 2 is 2.00 bits per heavy atom. The quantitative estimate of drug-likeness (QED) is 0.916. The molecule has 2 aliphatic carbocycles. The standard InChI is InChI=1S/C15H25N3O2/c1-11-4-8-15(19-2,9-5-11)13-17-12(20-18-13)10-14(16)6-3-7-14/h11H,3-10,16H2,1-2H3. The highest BCUT2D eigenvalue weighted by Gasteiger charge is 2.41. The molecule has 2 N–H and O–H groups in total. The van der Waals surface area contributed by atoms with Crippen LogP contribution >= 0.6 is 0 Å². The summed E-state index contributed by atoms with van der Waals surface area (Å²) in [5.74, 6) is 2.13. The number of hydrogen-bond donors (Lipinski definition) is 1. The van der Waals surface area contributed by atoms with Gasteiger partial charge in [-0.15, -0.1) is 0 Å². The van der Waals surface area contributed by atoms with Gasteiger partial charge in [0, 0.05) is 19.1 Å². The molecule has 5 nitrogen and oxygen atoms in total. The minimum Gasteiger partial charge on any atom is -0.370 e. The van der Waals surface area contributed by atoms with Gasteiger partial charge in [-0.1, -0.05) is 12.1 Å². The average molecular weight is 279 g/mol. The van der Waals surface area contributed by atoms with E-state index in [9.17, 15) is 0 Å². The van der Waals surface area contributed by atoms with Crippen LogP contribution in [0.2, 0.25) is 0 Å². The van der Waals surface area contributed by atoms with E-state index in [0.29, 0.717) is 18.1 Å². The summed E-state index contributed by atoms with van der Waals surface area (Å²) >= 11 is 0. The van der Waals surface area contributed by atoms with Gasteiger partial charge < -0.3 is 15.0 Å². The molecule has 0 atom stereocenters. The number of hydrogen-bond acceptors (Lipinski definition) is 5. The van der Waals surface area contributed by atoms with Gasteiger partial charge in [-0.25, -0.2) is 0 Å². The third kappa shape index (κ3) is 2.49. The number of nitrogens with zero attached hydrogens (tertiary/aromatic N) is 2. The largest absolute Gasteiger partial charge is 0.370 e. The minimum absolute atomic E-state index is 0.120. The Balaban J connectivity index is 1.74. The maximum atomic E-state index is 6.25. The predicted octanol–water partition coefficient (Wildman–Crippen LogP) is 2.55. The van der Waals surface area contributed by atoms with Crippen molar-refractivity contribution in [3.63, 3.8) is 0 Å². The molecule has 0 unspecified atom stereocenters. The van der Waals surface area contributed by atoms with Gasteiger partial charge in [0.2, 0.25) is 11.7 Å². The first-order chi connectivity index (χ1) is 9.55. The zero-order valence-electron chi connectivity index (χ0n) is 12.5. The summed E-state index contributed by atoms with van der Waals surface area (Å²) in [6, 6.07) is 0. The molecule has 0 amide bonds. The lowest BCUT2D eigenvalue weighted by Crippen LogP contribution is -2.48. The van der Waals surface area contributed by atoms with Crippen molar-refractivity contribution in [3.05, 3.63) is 11.7 Å². The summed E-state index contributed by atoms with van der Waals surface area (Å²) in [5.41, 5.74) is 5.78. The van der Waals surface area contributed by atoms with Crippen LogP contribution in [-0.2, 0) is 16.8 Å². The van der Waals surface area contributed by atoms with Crippen molar-refractivity contribution < 1.29 is 9.26 Å². The molecule has 1 aromatic heterocycles. The van der Waals surface area contributed by atoms with Crippen LogP contribution in [0, 0.1) is 5.92 Å². The third-order valence-electron chi connectivity index (χ3n) is 5.20. The summed E-state index contributed by atoms with van der Waals surface area (Å²) in [6.45, 7) is 2.29.